The minimum Gasteiger partial charge on any atom is -0.391 e. The zero-order chi connectivity index (χ0) is 14.1. The third kappa shape index (κ3) is 4.53. The fourth-order valence-electron chi connectivity index (χ4n) is 1.58. The highest BCUT2D eigenvalue weighted by Crippen LogP contribution is 2.36. The fourth-order valence-corrected chi connectivity index (χ4v) is 1.88. The number of alkyl halides is 3. The van der Waals surface area contributed by atoms with Crippen LogP contribution in [0.1, 0.15) is 31.0 Å². The van der Waals surface area contributed by atoms with E-state index in [4.69, 9.17) is 17.3 Å². The smallest absolute Gasteiger partial charge is 0.391 e. The molecule has 0 aliphatic heterocycles. The molecule has 0 aliphatic rings. The molecule has 0 amide bonds. The summed E-state index contributed by atoms with van der Waals surface area (Å²) in [6.07, 6.45) is -5.33. The van der Waals surface area contributed by atoms with Gasteiger partial charge in [0.25, 0.3) is 0 Å². The zero-order valence-corrected chi connectivity index (χ0v) is 12.0. The van der Waals surface area contributed by atoms with Crippen LogP contribution in [0.15, 0.2) is 18.2 Å². The minimum absolute atomic E-state index is 0. The monoisotopic (exact) mass is 317 g/mol. The number of hydrogen-bond acceptors (Lipinski definition) is 2. The lowest BCUT2D eigenvalue weighted by Gasteiger charge is -2.23. The highest BCUT2D eigenvalue weighted by atomic mass is 35.5. The third-order valence-electron chi connectivity index (χ3n) is 2.73. The number of rotatable bonds is 3. The van der Waals surface area contributed by atoms with Gasteiger partial charge in [-0.1, -0.05) is 31.5 Å². The fraction of sp³-hybridized carbons (Fsp3) is 0.500. The van der Waals surface area contributed by atoms with Crippen molar-refractivity contribution in [2.45, 2.75) is 32.2 Å². The lowest BCUT2D eigenvalue weighted by atomic mass is 9.94. The Labute approximate surface area is 121 Å². The van der Waals surface area contributed by atoms with Crippen LogP contribution in [0, 0.1) is 5.92 Å². The molecule has 1 rings (SSSR count). The lowest BCUT2D eigenvalue weighted by molar-refractivity contribution is -0.137. The van der Waals surface area contributed by atoms with Gasteiger partial charge in [-0.25, -0.2) is 0 Å². The first-order valence-corrected chi connectivity index (χ1v) is 5.82. The lowest BCUT2D eigenvalue weighted by Crippen LogP contribution is -2.30. The molecule has 3 N–H and O–H groups in total. The van der Waals surface area contributed by atoms with Crippen molar-refractivity contribution in [3.8, 4) is 0 Å². The van der Waals surface area contributed by atoms with Crippen molar-refractivity contribution >= 4 is 24.0 Å². The molecule has 0 aliphatic carbocycles. The zero-order valence-electron chi connectivity index (χ0n) is 10.4. The van der Waals surface area contributed by atoms with Crippen molar-refractivity contribution in [1.82, 2.24) is 0 Å². The van der Waals surface area contributed by atoms with E-state index in [1.807, 2.05) is 0 Å². The molecule has 0 fully saturated rings. The van der Waals surface area contributed by atoms with Crippen molar-refractivity contribution in [1.29, 1.82) is 0 Å². The normalized spacial score (nSPS) is 15.0. The topological polar surface area (TPSA) is 46.2 Å². The highest BCUT2D eigenvalue weighted by Gasteiger charge is 2.33. The molecule has 2 nitrogen and oxygen atoms in total. The first kappa shape index (κ1) is 18.5. The average Bonchev–Trinajstić information content (AvgIpc) is 2.24. The Morgan fingerprint density at radius 1 is 1.26 bits per heavy atom. The first-order chi connectivity index (χ1) is 8.14. The van der Waals surface area contributed by atoms with E-state index in [9.17, 15) is 18.3 Å². The molecule has 0 saturated heterocycles. The van der Waals surface area contributed by atoms with Gasteiger partial charge in [0.05, 0.1) is 22.7 Å². The van der Waals surface area contributed by atoms with Crippen molar-refractivity contribution in [2.75, 3.05) is 0 Å². The molecule has 0 unspecified atom stereocenters. The van der Waals surface area contributed by atoms with E-state index < -0.39 is 28.9 Å². The Hall–Kier alpha value is -0.490. The van der Waals surface area contributed by atoms with E-state index in [-0.39, 0.29) is 18.3 Å². The molecule has 0 spiro atoms. The van der Waals surface area contributed by atoms with Crippen molar-refractivity contribution < 1.29 is 18.3 Å². The van der Waals surface area contributed by atoms with E-state index in [2.05, 4.69) is 0 Å². The minimum atomic E-state index is -4.49. The van der Waals surface area contributed by atoms with Gasteiger partial charge in [0.1, 0.15) is 0 Å². The quantitative estimate of drug-likeness (QED) is 0.890. The molecular weight excluding hydrogens is 302 g/mol. The maximum absolute atomic E-state index is 12.5. The number of hydrogen-bond donors (Lipinski definition) is 2. The van der Waals surface area contributed by atoms with Crippen LogP contribution in [0.4, 0.5) is 13.2 Å². The third-order valence-corrected chi connectivity index (χ3v) is 3.05. The van der Waals surface area contributed by atoms with Gasteiger partial charge in [-0.3, -0.25) is 0 Å². The van der Waals surface area contributed by atoms with E-state index in [0.29, 0.717) is 5.56 Å². The molecule has 19 heavy (non-hydrogen) atoms. The molecule has 110 valence electrons. The summed E-state index contributed by atoms with van der Waals surface area (Å²) >= 11 is 5.59. The van der Waals surface area contributed by atoms with Crippen LogP contribution < -0.4 is 5.73 Å². The number of benzene rings is 1. The number of aliphatic hydroxyl groups excluding tert-OH is 1. The predicted molar refractivity (Wildman–Crippen MR) is 71.5 cm³/mol. The molecule has 0 radical (unpaired) electrons. The first-order valence-electron chi connectivity index (χ1n) is 5.45. The van der Waals surface area contributed by atoms with Crippen LogP contribution in [0.25, 0.3) is 0 Å². The molecule has 7 heteroatoms. The van der Waals surface area contributed by atoms with Crippen LogP contribution >= 0.6 is 24.0 Å². The summed E-state index contributed by atoms with van der Waals surface area (Å²) in [6, 6.07) is 2.51. The van der Waals surface area contributed by atoms with Crippen molar-refractivity contribution in [3.05, 3.63) is 34.3 Å². The predicted octanol–water partition coefficient (Wildman–Crippen LogP) is 3.80. The van der Waals surface area contributed by atoms with Gasteiger partial charge in [0, 0.05) is 0 Å². The van der Waals surface area contributed by atoms with Crippen molar-refractivity contribution in [2.24, 2.45) is 11.7 Å². The summed E-state index contributed by atoms with van der Waals surface area (Å²) in [5.41, 5.74) is 5.26. The van der Waals surface area contributed by atoms with Gasteiger partial charge in [0.2, 0.25) is 0 Å². The summed E-state index contributed by atoms with van der Waals surface area (Å²) in [6.45, 7) is 3.55. The second-order valence-corrected chi connectivity index (χ2v) is 4.90. The Morgan fingerprint density at radius 2 is 1.79 bits per heavy atom. The summed E-state index contributed by atoms with van der Waals surface area (Å²) in [5, 5.41) is 9.37. The van der Waals surface area contributed by atoms with E-state index in [0.717, 1.165) is 12.1 Å². The SMILES string of the molecule is CC(C)[C@H](O)[C@H](N)c1ccc(C(F)(F)F)c(Cl)c1.Cl. The maximum Gasteiger partial charge on any atom is 0.417 e. The second-order valence-electron chi connectivity index (χ2n) is 4.50. The molecule has 0 heterocycles. The Kier molecular flexibility index (Phi) is 6.62. The van der Waals surface area contributed by atoms with Gasteiger partial charge in [0.15, 0.2) is 0 Å². The summed E-state index contributed by atoms with van der Waals surface area (Å²) in [7, 11) is 0. The Bertz CT molecular complexity index is 424. The molecule has 0 saturated carbocycles. The Balaban J connectivity index is 0.00000324. The molecule has 1 aromatic carbocycles. The Morgan fingerprint density at radius 3 is 2.16 bits per heavy atom. The van der Waals surface area contributed by atoms with E-state index in [1.165, 1.54) is 6.07 Å². The largest absolute Gasteiger partial charge is 0.417 e. The van der Waals surface area contributed by atoms with Crippen LogP contribution in [0.5, 0.6) is 0 Å². The standard InChI is InChI=1S/C12H15ClF3NO.ClH/c1-6(2)11(18)10(17)7-3-4-8(9(13)5-7)12(14,15)16;/h3-6,10-11,18H,17H2,1-2H3;1H/t10-,11+;/m1./s1. The summed E-state index contributed by atoms with van der Waals surface area (Å²) in [4.78, 5) is 0. The second kappa shape index (κ2) is 6.79. The van der Waals surface area contributed by atoms with Crippen molar-refractivity contribution in [3.63, 3.8) is 0 Å². The van der Waals surface area contributed by atoms with Gasteiger partial charge in [-0.15, -0.1) is 12.4 Å². The average molecular weight is 318 g/mol. The molecule has 0 bridgehead atoms. The van der Waals surface area contributed by atoms with Gasteiger partial charge in [-0.2, -0.15) is 13.2 Å². The molecule has 2 atom stereocenters. The molecule has 1 aromatic rings. The summed E-state index contributed by atoms with van der Waals surface area (Å²) in [5.74, 6) is -0.0962. The number of halogens is 5. The van der Waals surface area contributed by atoms with Crippen LogP contribution in [-0.2, 0) is 6.18 Å². The molecular formula is C12H16Cl2F3NO. The van der Waals surface area contributed by atoms with Gasteiger partial charge < -0.3 is 10.8 Å². The van der Waals surface area contributed by atoms with Gasteiger partial charge >= 0.3 is 6.18 Å². The van der Waals surface area contributed by atoms with E-state index in [1.54, 1.807) is 13.8 Å². The highest BCUT2D eigenvalue weighted by molar-refractivity contribution is 6.31. The number of aliphatic hydroxyl groups is 1. The summed E-state index contributed by atoms with van der Waals surface area (Å²) < 4.78 is 37.5. The van der Waals surface area contributed by atoms with Crippen LogP contribution in [-0.4, -0.2) is 11.2 Å². The number of nitrogens with two attached hydrogens (primary N) is 1. The molecule has 0 aromatic heterocycles. The van der Waals surface area contributed by atoms with E-state index >= 15 is 0 Å². The van der Waals surface area contributed by atoms with Gasteiger partial charge in [-0.05, 0) is 23.6 Å². The van der Waals surface area contributed by atoms with Crippen LogP contribution in [0.2, 0.25) is 5.02 Å². The van der Waals surface area contributed by atoms with Crippen LogP contribution in [0.3, 0.4) is 0 Å². The maximum atomic E-state index is 12.5.